The molecule has 0 amide bonds. The van der Waals surface area contributed by atoms with E-state index in [0.717, 1.165) is 31.1 Å². The number of pyridine rings is 1. The van der Waals surface area contributed by atoms with E-state index in [1.165, 1.54) is 10.8 Å². The van der Waals surface area contributed by atoms with Crippen LogP contribution in [0, 0.1) is 0 Å². The van der Waals surface area contributed by atoms with E-state index in [0.29, 0.717) is 6.04 Å². The second kappa shape index (κ2) is 7.23. The first-order valence-corrected chi connectivity index (χ1v) is 7.63. The Morgan fingerprint density at radius 3 is 2.76 bits per heavy atom. The van der Waals surface area contributed by atoms with Gasteiger partial charge in [-0.25, -0.2) is 4.98 Å². The Morgan fingerprint density at radius 1 is 1.33 bits per heavy atom. The summed E-state index contributed by atoms with van der Waals surface area (Å²) < 4.78 is 0. The number of rotatable bonds is 7. The lowest BCUT2D eigenvalue weighted by atomic mass is 10.1. The molecular formula is C18H25N3. The van der Waals surface area contributed by atoms with Crippen LogP contribution in [-0.4, -0.2) is 24.1 Å². The van der Waals surface area contributed by atoms with E-state index in [1.807, 2.05) is 6.08 Å². The first-order chi connectivity index (χ1) is 10.2. The summed E-state index contributed by atoms with van der Waals surface area (Å²) in [5.41, 5.74) is 1.08. The number of anilines is 1. The first-order valence-electron chi connectivity index (χ1n) is 7.63. The molecule has 1 N–H and O–H groups in total. The lowest BCUT2D eigenvalue weighted by Crippen LogP contribution is -2.26. The number of likely N-dealkylation sites (N-methyl/N-ethyl adjacent to an activating group) is 1. The van der Waals surface area contributed by atoms with Crippen molar-refractivity contribution in [2.45, 2.75) is 33.4 Å². The van der Waals surface area contributed by atoms with Crippen molar-refractivity contribution in [3.8, 4) is 0 Å². The molecule has 112 valence electrons. The summed E-state index contributed by atoms with van der Waals surface area (Å²) >= 11 is 0. The maximum Gasteiger partial charge on any atom is 0.137 e. The molecule has 1 aromatic heterocycles. The molecule has 21 heavy (non-hydrogen) atoms. The highest BCUT2D eigenvalue weighted by Crippen LogP contribution is 2.25. The molecule has 0 aliphatic rings. The number of hydrogen-bond acceptors (Lipinski definition) is 3. The molecule has 0 aliphatic heterocycles. The highest BCUT2D eigenvalue weighted by atomic mass is 15.2. The summed E-state index contributed by atoms with van der Waals surface area (Å²) in [7, 11) is 0. The largest absolute Gasteiger partial charge is 0.353 e. The second-order valence-corrected chi connectivity index (χ2v) is 5.52. The highest BCUT2D eigenvalue weighted by molar-refractivity contribution is 5.92. The molecule has 0 saturated heterocycles. The zero-order chi connectivity index (χ0) is 15.2. The van der Waals surface area contributed by atoms with Crippen LogP contribution in [0.3, 0.4) is 0 Å². The van der Waals surface area contributed by atoms with Gasteiger partial charge in [-0.05, 0) is 18.4 Å². The number of benzene rings is 1. The zero-order valence-corrected chi connectivity index (χ0v) is 13.3. The number of nitrogens with zero attached hydrogens (tertiary/aromatic N) is 2. The van der Waals surface area contributed by atoms with Gasteiger partial charge in [-0.3, -0.25) is 0 Å². The Bertz CT molecular complexity index is 604. The van der Waals surface area contributed by atoms with E-state index in [9.17, 15) is 0 Å². The normalized spacial score (nSPS) is 11.0. The van der Waals surface area contributed by atoms with Crippen LogP contribution in [0.2, 0.25) is 0 Å². The van der Waals surface area contributed by atoms with Crippen molar-refractivity contribution >= 4 is 16.6 Å². The Balaban J connectivity index is 2.46. The summed E-state index contributed by atoms with van der Waals surface area (Å²) in [5.74, 6) is 1.05. The zero-order valence-electron chi connectivity index (χ0n) is 13.3. The Morgan fingerprint density at radius 2 is 2.10 bits per heavy atom. The molecule has 0 atom stereocenters. The lowest BCUT2D eigenvalue weighted by Gasteiger charge is -2.23. The summed E-state index contributed by atoms with van der Waals surface area (Å²) in [6, 6.07) is 11.1. The Hall–Kier alpha value is -1.87. The fourth-order valence-electron chi connectivity index (χ4n) is 2.40. The van der Waals surface area contributed by atoms with Crippen LogP contribution in [-0.2, 0) is 6.54 Å². The third kappa shape index (κ3) is 3.82. The molecule has 2 aromatic rings. The molecule has 3 nitrogen and oxygen atoms in total. The van der Waals surface area contributed by atoms with E-state index in [-0.39, 0.29) is 0 Å². The van der Waals surface area contributed by atoms with E-state index in [4.69, 9.17) is 4.98 Å². The van der Waals surface area contributed by atoms with Gasteiger partial charge in [0.15, 0.2) is 0 Å². The van der Waals surface area contributed by atoms with Gasteiger partial charge in [-0.15, -0.1) is 6.58 Å². The maximum atomic E-state index is 4.88. The number of fused-ring (bicyclic) bond motifs is 1. The fourth-order valence-corrected chi connectivity index (χ4v) is 2.40. The van der Waals surface area contributed by atoms with Gasteiger partial charge in [0.05, 0.1) is 5.69 Å². The smallest absolute Gasteiger partial charge is 0.137 e. The number of nitrogens with one attached hydrogen (secondary N) is 1. The third-order valence-electron chi connectivity index (χ3n) is 3.50. The van der Waals surface area contributed by atoms with Gasteiger partial charge in [0.25, 0.3) is 0 Å². The van der Waals surface area contributed by atoms with E-state index >= 15 is 0 Å². The molecular weight excluding hydrogens is 258 g/mol. The van der Waals surface area contributed by atoms with Crippen LogP contribution in [0.1, 0.15) is 26.5 Å². The van der Waals surface area contributed by atoms with E-state index < -0.39 is 0 Å². The average molecular weight is 283 g/mol. The van der Waals surface area contributed by atoms with Crippen LogP contribution in [0.4, 0.5) is 5.82 Å². The maximum absolute atomic E-state index is 4.88. The van der Waals surface area contributed by atoms with Crippen LogP contribution in [0.25, 0.3) is 10.8 Å². The Kier molecular flexibility index (Phi) is 5.34. The van der Waals surface area contributed by atoms with Gasteiger partial charge in [-0.2, -0.15) is 0 Å². The lowest BCUT2D eigenvalue weighted by molar-refractivity contribution is 0.581. The third-order valence-corrected chi connectivity index (χ3v) is 3.50. The first kappa shape index (κ1) is 15.5. The van der Waals surface area contributed by atoms with Crippen molar-refractivity contribution in [2.75, 3.05) is 18.0 Å². The molecule has 1 heterocycles. The van der Waals surface area contributed by atoms with Gasteiger partial charge in [0.2, 0.25) is 0 Å². The minimum Gasteiger partial charge on any atom is -0.353 e. The van der Waals surface area contributed by atoms with Crippen molar-refractivity contribution in [1.82, 2.24) is 10.3 Å². The quantitative estimate of drug-likeness (QED) is 0.785. The van der Waals surface area contributed by atoms with Crippen LogP contribution < -0.4 is 10.2 Å². The summed E-state index contributed by atoms with van der Waals surface area (Å²) in [6.07, 6.45) is 1.93. The molecule has 3 heteroatoms. The fraction of sp³-hybridized carbons (Fsp3) is 0.389. The number of hydrogen-bond donors (Lipinski definition) is 1. The van der Waals surface area contributed by atoms with Gasteiger partial charge in [0, 0.05) is 31.1 Å². The minimum absolute atomic E-state index is 0.456. The van der Waals surface area contributed by atoms with Crippen LogP contribution >= 0.6 is 0 Å². The van der Waals surface area contributed by atoms with Gasteiger partial charge < -0.3 is 10.2 Å². The summed E-state index contributed by atoms with van der Waals surface area (Å²) in [6.45, 7) is 12.8. The van der Waals surface area contributed by atoms with Crippen molar-refractivity contribution < 1.29 is 0 Å². The predicted octanol–water partition coefficient (Wildman–Crippen LogP) is 3.75. The highest BCUT2D eigenvalue weighted by Gasteiger charge is 2.11. The van der Waals surface area contributed by atoms with Crippen LogP contribution in [0.15, 0.2) is 43.0 Å². The SMILES string of the molecule is C=CCN(CC)c1nc(CNC(C)C)cc2ccccc12. The van der Waals surface area contributed by atoms with Crippen LogP contribution in [0.5, 0.6) is 0 Å². The molecule has 0 radical (unpaired) electrons. The molecule has 0 bridgehead atoms. The molecule has 1 aromatic carbocycles. The molecule has 0 spiro atoms. The average Bonchev–Trinajstić information content (AvgIpc) is 2.50. The van der Waals surface area contributed by atoms with Gasteiger partial charge >= 0.3 is 0 Å². The van der Waals surface area contributed by atoms with Crippen molar-refractivity contribution in [3.05, 3.63) is 48.7 Å². The molecule has 2 rings (SSSR count). The topological polar surface area (TPSA) is 28.2 Å². The van der Waals surface area contributed by atoms with Crippen molar-refractivity contribution in [2.24, 2.45) is 0 Å². The van der Waals surface area contributed by atoms with Crippen molar-refractivity contribution in [1.29, 1.82) is 0 Å². The standard InChI is InChI=1S/C18H25N3/c1-5-11-21(6-2)18-17-10-8-7-9-15(17)12-16(20-18)13-19-14(3)4/h5,7-10,12,14,19H,1,6,11,13H2,2-4H3. The van der Waals surface area contributed by atoms with E-state index in [2.05, 4.69) is 67.9 Å². The molecule has 0 fully saturated rings. The second-order valence-electron chi connectivity index (χ2n) is 5.52. The number of aromatic nitrogens is 1. The molecule has 0 aliphatic carbocycles. The Labute approximate surface area is 127 Å². The molecule has 0 saturated carbocycles. The monoisotopic (exact) mass is 283 g/mol. The predicted molar refractivity (Wildman–Crippen MR) is 91.8 cm³/mol. The summed E-state index contributed by atoms with van der Waals surface area (Å²) in [5, 5.41) is 5.89. The van der Waals surface area contributed by atoms with Gasteiger partial charge in [-0.1, -0.05) is 44.2 Å². The van der Waals surface area contributed by atoms with Crippen molar-refractivity contribution in [3.63, 3.8) is 0 Å². The summed E-state index contributed by atoms with van der Waals surface area (Å²) in [4.78, 5) is 7.14. The van der Waals surface area contributed by atoms with E-state index in [1.54, 1.807) is 0 Å². The minimum atomic E-state index is 0.456. The van der Waals surface area contributed by atoms with Gasteiger partial charge in [0.1, 0.15) is 5.82 Å². The molecule has 0 unspecified atom stereocenters.